The first kappa shape index (κ1) is 41.5. The lowest BCUT2D eigenvalue weighted by molar-refractivity contribution is -0.141. The first-order valence-corrected chi connectivity index (χ1v) is 16.2. The third-order valence-corrected chi connectivity index (χ3v) is 7.68. The number of nitrogens with one attached hydrogen (secondary N) is 6. The van der Waals surface area contributed by atoms with Crippen molar-refractivity contribution in [1.82, 2.24) is 31.9 Å². The molecule has 0 aliphatic heterocycles. The van der Waals surface area contributed by atoms with E-state index in [9.17, 15) is 48.3 Å². The second-order valence-electron chi connectivity index (χ2n) is 9.04. The summed E-state index contributed by atoms with van der Waals surface area (Å²) in [6.45, 7) is -0.0882. The van der Waals surface area contributed by atoms with E-state index in [0.717, 1.165) is 0 Å². The number of amides is 7. The first-order valence-electron chi connectivity index (χ1n) is 13.7. The maximum atomic E-state index is 12.0. The summed E-state index contributed by atoms with van der Waals surface area (Å²) in [5.74, 6) is -5.26. The van der Waals surface area contributed by atoms with Crippen LogP contribution in [0.25, 0.3) is 0 Å². The van der Waals surface area contributed by atoms with Crippen LogP contribution in [0.4, 0.5) is 9.59 Å². The van der Waals surface area contributed by atoms with Crippen LogP contribution < -0.4 is 37.6 Å². The van der Waals surface area contributed by atoms with E-state index >= 15 is 0 Å². The minimum atomic E-state index is -1.57. The molecule has 0 heterocycles. The van der Waals surface area contributed by atoms with Gasteiger partial charge in [-0.2, -0.15) is 0 Å². The van der Waals surface area contributed by atoms with E-state index in [0.29, 0.717) is 18.1 Å². The van der Waals surface area contributed by atoms with Crippen LogP contribution in [0.1, 0.15) is 38.5 Å². The number of primary amides is 1. The van der Waals surface area contributed by atoms with Gasteiger partial charge >= 0.3 is 30.0 Å². The predicted octanol–water partition coefficient (Wildman–Crippen LogP) is -2.44. The molecule has 20 nitrogen and oxygen atoms in total. The molecule has 0 aromatic carbocycles. The Kier molecular flexibility index (Phi) is 22.4. The van der Waals surface area contributed by atoms with Gasteiger partial charge in [0.2, 0.25) is 23.6 Å². The van der Waals surface area contributed by atoms with Gasteiger partial charge in [-0.1, -0.05) is 21.6 Å². The first-order chi connectivity index (χ1) is 21.7. The van der Waals surface area contributed by atoms with Gasteiger partial charge < -0.3 is 57.7 Å². The van der Waals surface area contributed by atoms with Gasteiger partial charge in [-0.25, -0.2) is 19.2 Å². The van der Waals surface area contributed by atoms with Crippen molar-refractivity contribution in [1.29, 1.82) is 0 Å². The molecule has 46 heavy (non-hydrogen) atoms. The van der Waals surface area contributed by atoms with Gasteiger partial charge in [-0.15, -0.1) is 0 Å². The largest absolute Gasteiger partial charge is 0.481 e. The molecule has 0 spiro atoms. The molecule has 260 valence electrons. The van der Waals surface area contributed by atoms with E-state index in [-0.39, 0.29) is 51.9 Å². The van der Waals surface area contributed by atoms with Crippen LogP contribution in [0, 0.1) is 0 Å². The molecule has 11 N–H and O–H groups in total. The number of carbonyl (C=O) groups is 9. The number of hydrogen-bond acceptors (Lipinski definition) is 12. The highest BCUT2D eigenvalue weighted by Crippen LogP contribution is 2.19. The lowest BCUT2D eigenvalue weighted by atomic mass is 10.1. The minimum Gasteiger partial charge on any atom is -0.481 e. The molecule has 0 aromatic heterocycles. The summed E-state index contributed by atoms with van der Waals surface area (Å²) in [5, 5.41) is 40.8. The van der Waals surface area contributed by atoms with Crippen molar-refractivity contribution in [3.8, 4) is 0 Å². The van der Waals surface area contributed by atoms with Crippen LogP contribution in [-0.2, 0) is 38.3 Å². The summed E-state index contributed by atoms with van der Waals surface area (Å²) in [6.07, 6.45) is -2.35. The van der Waals surface area contributed by atoms with Gasteiger partial charge in [0.1, 0.15) is 18.7 Å². The standard InChI is InChI=1S/C24H39N7O13S2/c25-23(42)44-9-11-46-45-10-8-27-18(34)12-29-19(35)13-28-16(32)2-1-7-26-17(33)5-3-14(21(38)39)30-24(43)31-15(22(40)41)4-6-20(36)37/h14-15H,1-13H2,(H2,25,42)(H,26,33)(H,27,34)(H,28,32)(H,29,35)(H,36,37)(H,38,39)(H,40,41)(H2,30,31,43)/t14?,15-/m0/s1. The number of carboxylic acids is 3. The molecular formula is C24H39N7O13S2. The second kappa shape index (κ2) is 24.8. The van der Waals surface area contributed by atoms with E-state index in [1.807, 2.05) is 10.6 Å². The smallest absolute Gasteiger partial charge is 0.404 e. The van der Waals surface area contributed by atoms with Gasteiger partial charge in [0.15, 0.2) is 0 Å². The fourth-order valence-corrected chi connectivity index (χ4v) is 4.81. The molecule has 0 aromatic rings. The van der Waals surface area contributed by atoms with Crippen LogP contribution in [0.15, 0.2) is 0 Å². The molecule has 0 aliphatic rings. The Hall–Kier alpha value is -4.47. The van der Waals surface area contributed by atoms with Gasteiger partial charge in [-0.3, -0.25) is 24.0 Å². The van der Waals surface area contributed by atoms with Gasteiger partial charge in [0, 0.05) is 43.9 Å². The zero-order valence-electron chi connectivity index (χ0n) is 24.7. The SMILES string of the molecule is NC(=O)OCCSSCCNC(=O)CNC(=O)CNC(=O)CCCNC(=O)CCC(NC(=O)N[C@@H](CCC(=O)O)C(=O)O)C(=O)O. The molecule has 0 radical (unpaired) electrons. The average molecular weight is 698 g/mol. The fourth-order valence-electron chi connectivity index (χ4n) is 3.08. The van der Waals surface area contributed by atoms with Crippen LogP contribution >= 0.6 is 21.6 Å². The van der Waals surface area contributed by atoms with E-state index in [1.54, 1.807) is 0 Å². The van der Waals surface area contributed by atoms with Crippen LogP contribution in [-0.4, -0.2) is 125 Å². The highest BCUT2D eigenvalue weighted by atomic mass is 33.1. The van der Waals surface area contributed by atoms with Gasteiger partial charge in [0.25, 0.3) is 0 Å². The highest BCUT2D eigenvalue weighted by Gasteiger charge is 2.25. The molecule has 7 amide bonds. The van der Waals surface area contributed by atoms with Crippen molar-refractivity contribution in [2.75, 3.05) is 44.3 Å². The third kappa shape index (κ3) is 23.9. The maximum absolute atomic E-state index is 12.0. The molecule has 1 unspecified atom stereocenters. The van der Waals surface area contributed by atoms with Crippen molar-refractivity contribution in [2.45, 2.75) is 50.6 Å². The summed E-state index contributed by atoms with van der Waals surface area (Å²) in [6, 6.07) is -4.28. The quantitative estimate of drug-likeness (QED) is 0.0350. The number of rotatable bonds is 25. The topological polar surface area (TPSA) is 322 Å². The minimum absolute atomic E-state index is 0.0477. The molecule has 0 rings (SSSR count). The van der Waals surface area contributed by atoms with Crippen molar-refractivity contribution in [2.24, 2.45) is 5.73 Å². The second-order valence-corrected chi connectivity index (χ2v) is 11.7. The Bertz CT molecular complexity index is 1080. The zero-order valence-corrected chi connectivity index (χ0v) is 26.3. The summed E-state index contributed by atoms with van der Waals surface area (Å²) >= 11 is 0. The summed E-state index contributed by atoms with van der Waals surface area (Å²) in [7, 11) is 2.88. The number of hydrogen-bond donors (Lipinski definition) is 10. The normalized spacial score (nSPS) is 11.6. The molecule has 0 saturated carbocycles. The number of urea groups is 1. The Morgan fingerprint density at radius 2 is 1.13 bits per heavy atom. The highest BCUT2D eigenvalue weighted by molar-refractivity contribution is 8.76. The van der Waals surface area contributed by atoms with Crippen molar-refractivity contribution in [3.05, 3.63) is 0 Å². The Morgan fingerprint density at radius 3 is 1.70 bits per heavy atom. The van der Waals surface area contributed by atoms with E-state index < -0.39 is 78.6 Å². The number of ether oxygens (including phenoxy) is 1. The third-order valence-electron chi connectivity index (χ3n) is 5.31. The summed E-state index contributed by atoms with van der Waals surface area (Å²) in [4.78, 5) is 103. The molecular weight excluding hydrogens is 658 g/mol. The fraction of sp³-hybridized carbons (Fsp3) is 0.625. The Labute approximate surface area is 270 Å². The average Bonchev–Trinajstić information content (AvgIpc) is 2.98. The lowest BCUT2D eigenvalue weighted by Gasteiger charge is -2.18. The summed E-state index contributed by atoms with van der Waals surface area (Å²) in [5.41, 5.74) is 4.83. The maximum Gasteiger partial charge on any atom is 0.404 e. The van der Waals surface area contributed by atoms with Crippen molar-refractivity contribution < 1.29 is 63.2 Å². The van der Waals surface area contributed by atoms with E-state index in [2.05, 4.69) is 26.0 Å². The van der Waals surface area contributed by atoms with Crippen LogP contribution in [0.5, 0.6) is 0 Å². The van der Waals surface area contributed by atoms with Crippen LogP contribution in [0.2, 0.25) is 0 Å². The van der Waals surface area contributed by atoms with Gasteiger partial charge in [-0.05, 0) is 19.3 Å². The number of carbonyl (C=O) groups excluding carboxylic acids is 6. The van der Waals surface area contributed by atoms with Crippen molar-refractivity contribution >= 4 is 75.2 Å². The van der Waals surface area contributed by atoms with E-state index in [4.69, 9.17) is 15.9 Å². The zero-order chi connectivity index (χ0) is 34.9. The molecule has 22 heteroatoms. The molecule has 0 fully saturated rings. The molecule has 0 bridgehead atoms. The number of carboxylic acid groups (broad SMARTS) is 3. The molecule has 2 atom stereocenters. The van der Waals surface area contributed by atoms with Crippen LogP contribution in [0.3, 0.4) is 0 Å². The predicted molar refractivity (Wildman–Crippen MR) is 162 cm³/mol. The van der Waals surface area contributed by atoms with Gasteiger partial charge in [0.05, 0.1) is 13.1 Å². The Morgan fingerprint density at radius 1 is 0.630 bits per heavy atom. The monoisotopic (exact) mass is 697 g/mol. The molecule has 0 aliphatic carbocycles. The Balaban J connectivity index is 4.09. The van der Waals surface area contributed by atoms with Crippen molar-refractivity contribution in [3.63, 3.8) is 0 Å². The molecule has 0 saturated heterocycles. The lowest BCUT2D eigenvalue weighted by Crippen LogP contribution is -2.51. The number of aliphatic carboxylic acids is 3. The number of nitrogens with two attached hydrogens (primary N) is 1. The summed E-state index contributed by atoms with van der Waals surface area (Å²) < 4.78 is 4.56. The van der Waals surface area contributed by atoms with E-state index in [1.165, 1.54) is 21.6 Å².